The molecule has 0 saturated heterocycles. The molecule has 0 saturated carbocycles. The van der Waals surface area contributed by atoms with Gasteiger partial charge >= 0.3 is 0 Å². The SMILES string of the molecule is CCCCN(CCCC)CC(=O)C(C)C. The van der Waals surface area contributed by atoms with Crippen molar-refractivity contribution in [2.24, 2.45) is 5.92 Å². The third-order valence-corrected chi connectivity index (χ3v) is 2.68. The summed E-state index contributed by atoms with van der Waals surface area (Å²) in [4.78, 5) is 14.0. The predicted octanol–water partition coefficient (Wildman–Crippen LogP) is 3.11. The van der Waals surface area contributed by atoms with Gasteiger partial charge in [-0.1, -0.05) is 40.5 Å². The minimum absolute atomic E-state index is 0.177. The molecule has 0 unspecified atom stereocenters. The van der Waals surface area contributed by atoms with Crippen molar-refractivity contribution < 1.29 is 4.79 Å². The number of unbranched alkanes of at least 4 members (excludes halogenated alkanes) is 2. The van der Waals surface area contributed by atoms with E-state index in [4.69, 9.17) is 0 Å². The zero-order valence-electron chi connectivity index (χ0n) is 10.9. The van der Waals surface area contributed by atoms with Crippen LogP contribution >= 0.6 is 0 Å². The van der Waals surface area contributed by atoms with Crippen molar-refractivity contribution in [3.63, 3.8) is 0 Å². The van der Waals surface area contributed by atoms with E-state index >= 15 is 0 Å². The molecule has 0 aliphatic heterocycles. The van der Waals surface area contributed by atoms with Gasteiger partial charge in [0.05, 0.1) is 6.54 Å². The van der Waals surface area contributed by atoms with E-state index in [2.05, 4.69) is 18.7 Å². The third-order valence-electron chi connectivity index (χ3n) is 2.68. The van der Waals surface area contributed by atoms with Gasteiger partial charge in [-0.05, 0) is 25.9 Å². The number of ketones is 1. The molecule has 0 aromatic heterocycles. The first-order chi connectivity index (χ1) is 7.11. The Morgan fingerprint density at radius 1 is 1.07 bits per heavy atom. The minimum Gasteiger partial charge on any atom is -0.298 e. The fourth-order valence-electron chi connectivity index (χ4n) is 1.44. The maximum Gasteiger partial charge on any atom is 0.149 e. The lowest BCUT2D eigenvalue weighted by Gasteiger charge is -2.21. The van der Waals surface area contributed by atoms with E-state index in [0.29, 0.717) is 12.3 Å². The zero-order valence-corrected chi connectivity index (χ0v) is 10.9. The Balaban J connectivity index is 3.93. The van der Waals surface area contributed by atoms with Gasteiger partial charge in [0.1, 0.15) is 5.78 Å². The fourth-order valence-corrected chi connectivity index (χ4v) is 1.44. The smallest absolute Gasteiger partial charge is 0.149 e. The minimum atomic E-state index is 0.177. The highest BCUT2D eigenvalue weighted by molar-refractivity contribution is 5.82. The Morgan fingerprint density at radius 3 is 1.87 bits per heavy atom. The first-order valence-electron chi connectivity index (χ1n) is 6.36. The molecule has 0 spiro atoms. The molecule has 0 rings (SSSR count). The summed E-state index contributed by atoms with van der Waals surface area (Å²) in [6.07, 6.45) is 4.82. The van der Waals surface area contributed by atoms with E-state index in [9.17, 15) is 4.79 Å². The second-order valence-electron chi connectivity index (χ2n) is 4.60. The van der Waals surface area contributed by atoms with Crippen LogP contribution in [0, 0.1) is 5.92 Å². The van der Waals surface area contributed by atoms with Gasteiger partial charge in [0.2, 0.25) is 0 Å². The molecule has 0 heterocycles. The highest BCUT2D eigenvalue weighted by atomic mass is 16.1. The van der Waals surface area contributed by atoms with Crippen LogP contribution in [0.4, 0.5) is 0 Å². The average Bonchev–Trinajstić information content (AvgIpc) is 2.21. The summed E-state index contributed by atoms with van der Waals surface area (Å²) in [5.74, 6) is 0.554. The van der Waals surface area contributed by atoms with Crippen molar-refractivity contribution in [2.45, 2.75) is 53.4 Å². The van der Waals surface area contributed by atoms with Gasteiger partial charge in [0, 0.05) is 5.92 Å². The molecule has 0 aliphatic rings. The van der Waals surface area contributed by atoms with E-state index in [1.165, 1.54) is 25.7 Å². The van der Waals surface area contributed by atoms with Gasteiger partial charge < -0.3 is 0 Å². The lowest BCUT2D eigenvalue weighted by molar-refractivity contribution is -0.123. The Hall–Kier alpha value is -0.370. The quantitative estimate of drug-likeness (QED) is 0.586. The molecule has 90 valence electrons. The molecular weight excluding hydrogens is 186 g/mol. The van der Waals surface area contributed by atoms with Crippen LogP contribution < -0.4 is 0 Å². The first kappa shape index (κ1) is 14.6. The van der Waals surface area contributed by atoms with Crippen LogP contribution in [-0.4, -0.2) is 30.3 Å². The van der Waals surface area contributed by atoms with Gasteiger partial charge in [-0.2, -0.15) is 0 Å². The van der Waals surface area contributed by atoms with Crippen LogP contribution in [0.25, 0.3) is 0 Å². The number of nitrogens with zero attached hydrogens (tertiary/aromatic N) is 1. The maximum atomic E-state index is 11.6. The van der Waals surface area contributed by atoms with Gasteiger partial charge in [-0.3, -0.25) is 9.69 Å². The van der Waals surface area contributed by atoms with E-state index in [1.54, 1.807) is 0 Å². The molecule has 0 aromatic carbocycles. The standard InChI is InChI=1S/C13H27NO/c1-5-7-9-14(10-8-6-2)11-13(15)12(3)4/h12H,5-11H2,1-4H3. The molecule has 0 atom stereocenters. The monoisotopic (exact) mass is 213 g/mol. The summed E-state index contributed by atoms with van der Waals surface area (Å²) in [5.41, 5.74) is 0. The second-order valence-corrected chi connectivity index (χ2v) is 4.60. The first-order valence-corrected chi connectivity index (χ1v) is 6.36. The number of carbonyl (C=O) groups excluding carboxylic acids is 1. The summed E-state index contributed by atoms with van der Waals surface area (Å²) in [6.45, 7) is 11.2. The number of hydrogen-bond acceptors (Lipinski definition) is 2. The van der Waals surface area contributed by atoms with Crippen molar-refractivity contribution >= 4 is 5.78 Å². The normalized spacial score (nSPS) is 11.3. The van der Waals surface area contributed by atoms with Crippen molar-refractivity contribution in [3.8, 4) is 0 Å². The van der Waals surface area contributed by atoms with Crippen LogP contribution in [0.2, 0.25) is 0 Å². The number of Topliss-reactive ketones (excluding diaryl/α,β-unsaturated/α-hetero) is 1. The lowest BCUT2D eigenvalue weighted by Crippen LogP contribution is -2.33. The van der Waals surface area contributed by atoms with Crippen LogP contribution in [-0.2, 0) is 4.79 Å². The Bertz CT molecular complexity index is 158. The lowest BCUT2D eigenvalue weighted by atomic mass is 10.1. The number of carbonyl (C=O) groups is 1. The van der Waals surface area contributed by atoms with Crippen LogP contribution in [0.1, 0.15) is 53.4 Å². The van der Waals surface area contributed by atoms with E-state index in [0.717, 1.165) is 13.1 Å². The van der Waals surface area contributed by atoms with Gasteiger partial charge in [0.25, 0.3) is 0 Å². The van der Waals surface area contributed by atoms with Gasteiger partial charge in [0.15, 0.2) is 0 Å². The van der Waals surface area contributed by atoms with Crippen LogP contribution in [0.3, 0.4) is 0 Å². The molecule has 0 aliphatic carbocycles. The molecule has 0 fully saturated rings. The second kappa shape index (κ2) is 8.90. The molecule has 0 N–H and O–H groups in total. The largest absolute Gasteiger partial charge is 0.298 e. The summed E-state index contributed by atoms with van der Waals surface area (Å²) in [7, 11) is 0. The Kier molecular flexibility index (Phi) is 8.68. The summed E-state index contributed by atoms with van der Waals surface area (Å²) in [6, 6.07) is 0. The maximum absolute atomic E-state index is 11.6. The van der Waals surface area contributed by atoms with E-state index in [1.807, 2.05) is 13.8 Å². The molecule has 2 heteroatoms. The van der Waals surface area contributed by atoms with Crippen molar-refractivity contribution in [1.82, 2.24) is 4.90 Å². The van der Waals surface area contributed by atoms with Crippen LogP contribution in [0.5, 0.6) is 0 Å². The molecule has 2 nitrogen and oxygen atoms in total. The molecule has 0 bridgehead atoms. The van der Waals surface area contributed by atoms with Crippen molar-refractivity contribution in [1.29, 1.82) is 0 Å². The predicted molar refractivity (Wildman–Crippen MR) is 66.1 cm³/mol. The third kappa shape index (κ3) is 7.55. The van der Waals surface area contributed by atoms with E-state index in [-0.39, 0.29) is 5.92 Å². The molecule has 15 heavy (non-hydrogen) atoms. The number of hydrogen-bond donors (Lipinski definition) is 0. The summed E-state index contributed by atoms with van der Waals surface area (Å²) < 4.78 is 0. The Labute approximate surface area is 95.0 Å². The summed E-state index contributed by atoms with van der Waals surface area (Å²) >= 11 is 0. The number of rotatable bonds is 9. The highest BCUT2D eigenvalue weighted by Crippen LogP contribution is 2.02. The van der Waals surface area contributed by atoms with E-state index < -0.39 is 0 Å². The average molecular weight is 213 g/mol. The Morgan fingerprint density at radius 2 is 1.53 bits per heavy atom. The van der Waals surface area contributed by atoms with Crippen molar-refractivity contribution in [2.75, 3.05) is 19.6 Å². The van der Waals surface area contributed by atoms with Gasteiger partial charge in [-0.15, -0.1) is 0 Å². The fraction of sp³-hybridized carbons (Fsp3) is 0.923. The van der Waals surface area contributed by atoms with Crippen LogP contribution in [0.15, 0.2) is 0 Å². The molecular formula is C13H27NO. The molecule has 0 radical (unpaired) electrons. The zero-order chi connectivity index (χ0) is 11.7. The topological polar surface area (TPSA) is 20.3 Å². The summed E-state index contributed by atoms with van der Waals surface area (Å²) in [5, 5.41) is 0. The van der Waals surface area contributed by atoms with Crippen molar-refractivity contribution in [3.05, 3.63) is 0 Å². The molecule has 0 aromatic rings. The van der Waals surface area contributed by atoms with Gasteiger partial charge in [-0.25, -0.2) is 0 Å². The molecule has 0 amide bonds. The highest BCUT2D eigenvalue weighted by Gasteiger charge is 2.12.